The number of ketones is 1. The highest BCUT2D eigenvalue weighted by atomic mass is 16.7. The summed E-state index contributed by atoms with van der Waals surface area (Å²) in [6.07, 6.45) is 1.38. The number of methoxy groups -OCH3 is 1. The van der Waals surface area contributed by atoms with Crippen LogP contribution in [0.2, 0.25) is 0 Å². The van der Waals surface area contributed by atoms with Gasteiger partial charge in [0.2, 0.25) is 20.2 Å². The van der Waals surface area contributed by atoms with Gasteiger partial charge >= 0.3 is 5.97 Å². The largest absolute Gasteiger partial charge is 0.496 e. The third kappa shape index (κ3) is 3.18. The maximum atomic E-state index is 13.0. The van der Waals surface area contributed by atoms with E-state index in [1.165, 1.54) is 13.2 Å². The molecule has 0 saturated carbocycles. The molecule has 2 aliphatic heterocycles. The van der Waals surface area contributed by atoms with Crippen LogP contribution in [-0.4, -0.2) is 49.9 Å². The number of rotatable bonds is 5. The molecule has 0 radical (unpaired) electrons. The lowest BCUT2D eigenvalue weighted by atomic mass is 9.85. The molecule has 10 heteroatoms. The minimum Gasteiger partial charge on any atom is -0.496 e. The zero-order valence-electron chi connectivity index (χ0n) is 16.2. The van der Waals surface area contributed by atoms with Gasteiger partial charge in [-0.2, -0.15) is 0 Å². The van der Waals surface area contributed by atoms with Crippen LogP contribution in [0.25, 0.3) is 5.57 Å². The Balaban J connectivity index is 1.68. The Morgan fingerprint density at radius 3 is 2.16 bits per heavy atom. The average molecular weight is 425 g/mol. The number of benzene rings is 2. The molecule has 0 saturated heterocycles. The van der Waals surface area contributed by atoms with Gasteiger partial charge in [-0.1, -0.05) is 5.16 Å². The van der Waals surface area contributed by atoms with Crippen LogP contribution < -0.4 is 23.7 Å². The van der Waals surface area contributed by atoms with Gasteiger partial charge in [-0.25, -0.2) is 4.79 Å². The zero-order chi connectivity index (χ0) is 21.5. The molecule has 0 unspecified atom stereocenters. The zero-order valence-corrected chi connectivity index (χ0v) is 16.2. The van der Waals surface area contributed by atoms with Crippen LogP contribution in [-0.2, 0) is 9.63 Å². The highest BCUT2D eigenvalue weighted by molar-refractivity contribution is 6.41. The van der Waals surface area contributed by atoms with Crippen molar-refractivity contribution in [2.75, 3.05) is 27.3 Å². The average Bonchev–Trinajstić information content (AvgIpc) is 3.41. The molecule has 158 valence electrons. The van der Waals surface area contributed by atoms with E-state index in [1.807, 2.05) is 0 Å². The second-order valence-corrected chi connectivity index (χ2v) is 6.69. The van der Waals surface area contributed by atoms with Crippen LogP contribution in [0.15, 0.2) is 35.5 Å². The third-order valence-electron chi connectivity index (χ3n) is 4.89. The van der Waals surface area contributed by atoms with Crippen molar-refractivity contribution < 1.29 is 43.2 Å². The van der Waals surface area contributed by atoms with Crippen LogP contribution in [0.1, 0.15) is 21.5 Å². The summed E-state index contributed by atoms with van der Waals surface area (Å²) in [4.78, 5) is 28.9. The van der Waals surface area contributed by atoms with Crippen LogP contribution in [0.4, 0.5) is 0 Å². The summed E-state index contributed by atoms with van der Waals surface area (Å²) >= 11 is 0. The van der Waals surface area contributed by atoms with E-state index in [1.54, 1.807) is 24.3 Å². The first-order chi connectivity index (χ1) is 15.0. The maximum absolute atomic E-state index is 13.0. The van der Waals surface area contributed by atoms with E-state index >= 15 is 0 Å². The second kappa shape index (κ2) is 7.24. The second-order valence-electron chi connectivity index (χ2n) is 6.69. The molecule has 0 fully saturated rings. The predicted molar refractivity (Wildman–Crippen MR) is 104 cm³/mol. The molecule has 2 aromatic carbocycles. The number of hydrogen-bond donors (Lipinski definition) is 1. The molecule has 3 aliphatic rings. The SMILES string of the molecule is COc1cc2c(cc1C1=CC(=O)c3cc4c(cc3/C1=N\OCC(=O)O)OCO4)OCO2. The van der Waals surface area contributed by atoms with Gasteiger partial charge in [0.1, 0.15) is 11.5 Å². The van der Waals surface area contributed by atoms with Crippen molar-refractivity contribution in [3.05, 3.63) is 47.0 Å². The number of aliphatic carboxylic acids is 1. The van der Waals surface area contributed by atoms with E-state index in [0.717, 1.165) is 0 Å². The molecule has 0 bridgehead atoms. The molecule has 1 N–H and O–H groups in total. The van der Waals surface area contributed by atoms with Gasteiger partial charge in [-0.3, -0.25) is 4.79 Å². The van der Waals surface area contributed by atoms with E-state index in [9.17, 15) is 9.59 Å². The lowest BCUT2D eigenvalue weighted by Crippen LogP contribution is -2.18. The normalized spacial score (nSPS) is 16.7. The minimum absolute atomic E-state index is 0.0324. The molecular formula is C21H15NO9. The lowest BCUT2D eigenvalue weighted by molar-refractivity contribution is -0.142. The Hall–Kier alpha value is -4.21. The topological polar surface area (TPSA) is 122 Å². The van der Waals surface area contributed by atoms with Crippen LogP contribution >= 0.6 is 0 Å². The van der Waals surface area contributed by atoms with Crippen molar-refractivity contribution in [1.29, 1.82) is 0 Å². The number of nitrogens with zero attached hydrogens (tertiary/aromatic N) is 1. The highest BCUT2D eigenvalue weighted by Gasteiger charge is 2.32. The Bertz CT molecular complexity index is 1180. The molecule has 5 rings (SSSR count). The van der Waals surface area contributed by atoms with Gasteiger partial charge < -0.3 is 33.6 Å². The van der Waals surface area contributed by atoms with Crippen molar-refractivity contribution in [3.63, 3.8) is 0 Å². The maximum Gasteiger partial charge on any atom is 0.344 e. The number of oxime groups is 1. The van der Waals surface area contributed by atoms with Crippen molar-refractivity contribution in [3.8, 4) is 28.7 Å². The van der Waals surface area contributed by atoms with Gasteiger partial charge in [0.25, 0.3) is 0 Å². The Morgan fingerprint density at radius 2 is 1.55 bits per heavy atom. The van der Waals surface area contributed by atoms with Gasteiger partial charge in [0.05, 0.1) is 7.11 Å². The monoisotopic (exact) mass is 425 g/mol. The summed E-state index contributed by atoms with van der Waals surface area (Å²) in [7, 11) is 1.48. The van der Waals surface area contributed by atoms with E-state index < -0.39 is 12.6 Å². The van der Waals surface area contributed by atoms with E-state index in [0.29, 0.717) is 51.0 Å². The summed E-state index contributed by atoms with van der Waals surface area (Å²) in [5, 5.41) is 13.0. The molecule has 31 heavy (non-hydrogen) atoms. The molecular weight excluding hydrogens is 410 g/mol. The summed E-state index contributed by atoms with van der Waals surface area (Å²) in [6, 6.07) is 6.50. The fourth-order valence-corrected chi connectivity index (χ4v) is 3.52. The number of carbonyl (C=O) groups is 2. The summed E-state index contributed by atoms with van der Waals surface area (Å²) in [6.45, 7) is -0.553. The first-order valence-corrected chi connectivity index (χ1v) is 9.15. The number of allylic oxidation sites excluding steroid dienone is 2. The van der Waals surface area contributed by atoms with Gasteiger partial charge in [0.15, 0.2) is 28.8 Å². The quantitative estimate of drug-likeness (QED) is 0.719. The molecule has 0 amide bonds. The number of hydrogen-bond acceptors (Lipinski definition) is 9. The number of carboxylic acids is 1. The van der Waals surface area contributed by atoms with Crippen LogP contribution in [0.5, 0.6) is 28.7 Å². The smallest absolute Gasteiger partial charge is 0.344 e. The molecule has 0 aromatic heterocycles. The standard InChI is InChI=1S/C21H15NO9/c1-26-15-6-19-17(28-9-30-19)4-11(15)12-2-14(23)10-3-16-18(29-8-27-16)5-13(10)21(12)22-31-7-20(24)25/h2-6H,7-9H2,1H3,(H,24,25)/b22-21-. The molecule has 1 aliphatic carbocycles. The van der Waals surface area contributed by atoms with Gasteiger partial charge in [-0.05, 0) is 24.3 Å². The molecule has 0 spiro atoms. The molecule has 2 heterocycles. The first kappa shape index (κ1) is 18.8. The number of carboxylic acid groups (broad SMARTS) is 1. The van der Waals surface area contributed by atoms with Gasteiger partial charge in [0, 0.05) is 28.3 Å². The Kier molecular flexibility index (Phi) is 4.39. The van der Waals surface area contributed by atoms with Crippen molar-refractivity contribution in [1.82, 2.24) is 0 Å². The van der Waals surface area contributed by atoms with E-state index in [2.05, 4.69) is 5.16 Å². The minimum atomic E-state index is -1.19. The highest BCUT2D eigenvalue weighted by Crippen LogP contribution is 2.44. The van der Waals surface area contributed by atoms with Crippen molar-refractivity contribution in [2.24, 2.45) is 5.16 Å². The van der Waals surface area contributed by atoms with Crippen molar-refractivity contribution in [2.45, 2.75) is 0 Å². The summed E-state index contributed by atoms with van der Waals surface area (Å²) in [5.74, 6) is 0.804. The van der Waals surface area contributed by atoms with Crippen LogP contribution in [0, 0.1) is 0 Å². The fourth-order valence-electron chi connectivity index (χ4n) is 3.52. The number of fused-ring (bicyclic) bond motifs is 3. The number of carbonyl (C=O) groups excluding carboxylic acids is 1. The fraction of sp³-hybridized carbons (Fsp3) is 0.190. The van der Waals surface area contributed by atoms with Crippen molar-refractivity contribution >= 4 is 23.0 Å². The molecule has 0 atom stereocenters. The van der Waals surface area contributed by atoms with Crippen LogP contribution in [0.3, 0.4) is 0 Å². The van der Waals surface area contributed by atoms with E-state index in [-0.39, 0.29) is 25.1 Å². The first-order valence-electron chi connectivity index (χ1n) is 9.15. The predicted octanol–water partition coefficient (Wildman–Crippen LogP) is 2.24. The summed E-state index contributed by atoms with van der Waals surface area (Å²) in [5.41, 5.74) is 1.85. The molecule has 2 aromatic rings. The van der Waals surface area contributed by atoms with Gasteiger partial charge in [-0.15, -0.1) is 0 Å². The number of ether oxygens (including phenoxy) is 5. The Morgan fingerprint density at radius 1 is 0.968 bits per heavy atom. The lowest BCUT2D eigenvalue weighted by Gasteiger charge is -2.20. The van der Waals surface area contributed by atoms with E-state index in [4.69, 9.17) is 33.6 Å². The Labute approximate surface area is 175 Å². The third-order valence-corrected chi connectivity index (χ3v) is 4.89. The molecule has 10 nitrogen and oxygen atoms in total. The summed E-state index contributed by atoms with van der Waals surface area (Å²) < 4.78 is 27.1.